The molecule has 15 heteroatoms. The van der Waals surface area contributed by atoms with E-state index >= 15 is 0 Å². The summed E-state index contributed by atoms with van der Waals surface area (Å²) in [6, 6.07) is 31.0. The molecule has 62 heavy (non-hydrogen) atoms. The molecule has 4 aromatic heterocycles. The van der Waals surface area contributed by atoms with Crippen molar-refractivity contribution in [2.75, 3.05) is 44.0 Å². The number of ether oxygens (including phenoxy) is 2. The Morgan fingerprint density at radius 3 is 1.73 bits per heavy atom. The number of fused-ring (bicyclic) bond motifs is 2. The van der Waals surface area contributed by atoms with Crippen molar-refractivity contribution in [2.24, 2.45) is 0 Å². The molecule has 14 nitrogen and oxygen atoms in total. The Balaban J connectivity index is 0.000000187. The number of anilines is 2. The molecule has 0 saturated carbocycles. The zero-order valence-corrected chi connectivity index (χ0v) is 36.2. The van der Waals surface area contributed by atoms with Gasteiger partial charge in [0, 0.05) is 55.1 Å². The van der Waals surface area contributed by atoms with E-state index in [4.69, 9.17) is 18.8 Å². The van der Waals surface area contributed by atoms with Crippen molar-refractivity contribution in [1.82, 2.24) is 29.4 Å². The number of carbonyl (C=O) groups excluding carboxylic acids is 2. The lowest BCUT2D eigenvalue weighted by atomic mass is 9.80. The van der Waals surface area contributed by atoms with Crippen molar-refractivity contribution in [3.63, 3.8) is 0 Å². The van der Waals surface area contributed by atoms with Crippen LogP contribution in [0.25, 0.3) is 44.9 Å². The molecule has 4 N–H and O–H groups in total. The molecule has 0 unspecified atom stereocenters. The first-order valence-corrected chi connectivity index (χ1v) is 20.7. The van der Waals surface area contributed by atoms with E-state index in [0.717, 1.165) is 67.5 Å². The van der Waals surface area contributed by atoms with Gasteiger partial charge in [-0.1, -0.05) is 36.4 Å². The van der Waals surface area contributed by atoms with E-state index in [-0.39, 0.29) is 23.3 Å². The predicted molar refractivity (Wildman–Crippen MR) is 245 cm³/mol. The summed E-state index contributed by atoms with van der Waals surface area (Å²) in [5, 5.41) is 11.2. The van der Waals surface area contributed by atoms with Crippen molar-refractivity contribution >= 4 is 47.3 Å². The molecule has 0 aliphatic carbocycles. The van der Waals surface area contributed by atoms with Crippen LogP contribution in [0.4, 0.5) is 21.0 Å². The molecular weight excluding hydrogens is 783 g/mol. The standard InChI is InChI=1S/C25H26N4O3.C22H27BN4O3/c1-3-26-25(30)28-21-8-4-7-20(14-21)23-17-27-24-16-19(10-11-29(23)24)18-6-5-9-22(15-18)32-13-12-31-2;1-6-24-20(28)26-17-9-7-8-15(12-17)18-14-25-19-13-16(10-11-27(18)19)23-29-21(2,3)22(4,5)30-23/h4-11,14-17H,3,12-13H2,1-2H3,(H2,26,28,30);7-14H,6H2,1-5H3,(H2,24,26,28). The number of imidazole rings is 2. The number of nitrogens with zero attached hydrogens (tertiary/aromatic N) is 4. The first-order chi connectivity index (χ1) is 29.9. The normalized spacial score (nSPS) is 14.0. The number of aromatic nitrogens is 4. The topological polar surface area (TPSA) is 154 Å². The highest BCUT2D eigenvalue weighted by Crippen LogP contribution is 2.37. The van der Waals surface area contributed by atoms with Gasteiger partial charge in [0.15, 0.2) is 0 Å². The second-order valence-corrected chi connectivity index (χ2v) is 15.7. The fraction of sp³-hybridized carbons (Fsp3) is 0.277. The van der Waals surface area contributed by atoms with Gasteiger partial charge in [-0.2, -0.15) is 0 Å². The molecule has 1 aliphatic heterocycles. The summed E-state index contributed by atoms with van der Waals surface area (Å²) in [7, 11) is 1.23. The van der Waals surface area contributed by atoms with Crippen LogP contribution in [0.3, 0.4) is 0 Å². The van der Waals surface area contributed by atoms with Crippen molar-refractivity contribution in [3.8, 4) is 39.4 Å². The van der Waals surface area contributed by atoms with Crippen LogP contribution in [-0.2, 0) is 14.0 Å². The Kier molecular flexibility index (Phi) is 13.3. The van der Waals surface area contributed by atoms with E-state index in [1.54, 1.807) is 7.11 Å². The third kappa shape index (κ3) is 9.92. The summed E-state index contributed by atoms with van der Waals surface area (Å²) in [5.41, 5.74) is 9.17. The summed E-state index contributed by atoms with van der Waals surface area (Å²) in [6.45, 7) is 14.1. The zero-order chi connectivity index (χ0) is 43.9. The number of methoxy groups -OCH3 is 1. The molecule has 4 amide bonds. The minimum atomic E-state index is -0.426. The van der Waals surface area contributed by atoms with Gasteiger partial charge < -0.3 is 40.0 Å². The number of pyridine rings is 2. The quantitative estimate of drug-likeness (QED) is 0.0709. The Hall–Kier alpha value is -6.68. The zero-order valence-electron chi connectivity index (χ0n) is 36.2. The molecule has 0 bridgehead atoms. The second-order valence-electron chi connectivity index (χ2n) is 15.7. The number of amides is 4. The van der Waals surface area contributed by atoms with Gasteiger partial charge in [0.25, 0.3) is 0 Å². The van der Waals surface area contributed by atoms with Crippen molar-refractivity contribution in [3.05, 3.63) is 122 Å². The van der Waals surface area contributed by atoms with Gasteiger partial charge in [0.2, 0.25) is 0 Å². The smallest absolute Gasteiger partial charge is 0.491 e. The molecular formula is C47H53BN8O6. The van der Waals surface area contributed by atoms with Gasteiger partial charge in [-0.05, 0) is 119 Å². The fourth-order valence-corrected chi connectivity index (χ4v) is 6.90. The van der Waals surface area contributed by atoms with Gasteiger partial charge in [-0.15, -0.1) is 0 Å². The van der Waals surface area contributed by atoms with E-state index in [2.05, 4.69) is 49.4 Å². The van der Waals surface area contributed by atoms with Crippen LogP contribution in [0.5, 0.6) is 5.75 Å². The molecule has 7 aromatic rings. The highest BCUT2D eigenvalue weighted by molar-refractivity contribution is 6.62. The maximum atomic E-state index is 11.8. The molecule has 1 fully saturated rings. The Bertz CT molecular complexity index is 2660. The van der Waals surface area contributed by atoms with Crippen LogP contribution in [0.2, 0.25) is 0 Å². The molecule has 0 radical (unpaired) electrons. The minimum Gasteiger partial charge on any atom is -0.491 e. The fourth-order valence-electron chi connectivity index (χ4n) is 6.90. The van der Waals surface area contributed by atoms with Gasteiger partial charge in [0.1, 0.15) is 23.7 Å². The lowest BCUT2D eigenvalue weighted by molar-refractivity contribution is 0.00578. The molecule has 5 heterocycles. The lowest BCUT2D eigenvalue weighted by Crippen LogP contribution is -2.41. The number of nitrogens with one attached hydrogen (secondary N) is 4. The predicted octanol–water partition coefficient (Wildman–Crippen LogP) is 8.28. The Morgan fingerprint density at radius 1 is 0.645 bits per heavy atom. The van der Waals surface area contributed by atoms with Gasteiger partial charge in [-0.3, -0.25) is 8.80 Å². The molecule has 1 saturated heterocycles. The van der Waals surface area contributed by atoms with Crippen LogP contribution < -0.4 is 31.5 Å². The molecule has 0 spiro atoms. The molecule has 3 aromatic carbocycles. The number of hydrogen-bond acceptors (Lipinski definition) is 8. The van der Waals surface area contributed by atoms with Gasteiger partial charge in [0.05, 0.1) is 41.6 Å². The van der Waals surface area contributed by atoms with E-state index in [1.807, 2.05) is 154 Å². The summed E-state index contributed by atoms with van der Waals surface area (Å²) in [5.74, 6) is 0.805. The summed E-state index contributed by atoms with van der Waals surface area (Å²) >= 11 is 0. The van der Waals surface area contributed by atoms with Crippen LogP contribution in [-0.4, -0.2) is 82.6 Å². The number of carbonyl (C=O) groups is 2. The maximum Gasteiger partial charge on any atom is 0.495 e. The van der Waals surface area contributed by atoms with Gasteiger partial charge in [-0.25, -0.2) is 19.6 Å². The summed E-state index contributed by atoms with van der Waals surface area (Å²) < 4.78 is 27.1. The van der Waals surface area contributed by atoms with Crippen LogP contribution >= 0.6 is 0 Å². The van der Waals surface area contributed by atoms with E-state index in [1.165, 1.54) is 0 Å². The number of hydrogen-bond donors (Lipinski definition) is 4. The van der Waals surface area contributed by atoms with Gasteiger partial charge >= 0.3 is 19.2 Å². The van der Waals surface area contributed by atoms with Crippen LogP contribution in [0, 0.1) is 0 Å². The van der Waals surface area contributed by atoms with Crippen LogP contribution in [0.15, 0.2) is 122 Å². The highest BCUT2D eigenvalue weighted by Gasteiger charge is 2.51. The van der Waals surface area contributed by atoms with Crippen molar-refractivity contribution in [1.29, 1.82) is 0 Å². The maximum absolute atomic E-state index is 11.8. The average Bonchev–Trinajstić information content (AvgIpc) is 3.94. The number of urea groups is 2. The number of rotatable bonds is 12. The SMILES string of the molecule is CCNC(=O)Nc1cccc(-c2cnc3cc(-c4cccc(OCCOC)c4)ccn23)c1.CCNC(=O)Nc1cccc(-c2cnc3cc(B4OC(C)(C)C(C)(C)O4)ccn23)c1. The highest BCUT2D eigenvalue weighted by atomic mass is 16.7. The summed E-state index contributed by atoms with van der Waals surface area (Å²) in [4.78, 5) is 32.8. The molecule has 8 rings (SSSR count). The Labute approximate surface area is 362 Å². The van der Waals surface area contributed by atoms with E-state index in [0.29, 0.717) is 26.3 Å². The van der Waals surface area contributed by atoms with Crippen LogP contribution in [0.1, 0.15) is 41.5 Å². The average molecular weight is 837 g/mol. The minimum absolute atomic E-state index is 0.221. The molecule has 320 valence electrons. The molecule has 0 atom stereocenters. The third-order valence-corrected chi connectivity index (χ3v) is 10.8. The molecule has 1 aliphatic rings. The van der Waals surface area contributed by atoms with Crippen molar-refractivity contribution < 1.29 is 28.4 Å². The largest absolute Gasteiger partial charge is 0.495 e. The third-order valence-electron chi connectivity index (χ3n) is 10.8. The second kappa shape index (κ2) is 18.9. The number of benzene rings is 3. The monoisotopic (exact) mass is 836 g/mol. The van der Waals surface area contributed by atoms with Crippen molar-refractivity contribution in [2.45, 2.75) is 52.7 Å². The first-order valence-electron chi connectivity index (χ1n) is 20.7. The van der Waals surface area contributed by atoms with E-state index < -0.39 is 7.12 Å². The first kappa shape index (κ1) is 43.4. The Morgan fingerprint density at radius 2 is 1.16 bits per heavy atom. The summed E-state index contributed by atoms with van der Waals surface area (Å²) in [6.07, 6.45) is 7.65. The van der Waals surface area contributed by atoms with E-state index in [9.17, 15) is 9.59 Å². The lowest BCUT2D eigenvalue weighted by Gasteiger charge is -2.32.